The highest BCUT2D eigenvalue weighted by atomic mass is 19.4. The van der Waals surface area contributed by atoms with Crippen LogP contribution < -0.4 is 0 Å². The molecule has 0 radical (unpaired) electrons. The fourth-order valence-corrected chi connectivity index (χ4v) is 0.731. The molecule has 5 heteroatoms. The molecule has 2 nitrogen and oxygen atoms in total. The summed E-state index contributed by atoms with van der Waals surface area (Å²) in [6, 6.07) is 0. The molecule has 0 aromatic carbocycles. The molecule has 1 rings (SSSR count). The van der Waals surface area contributed by atoms with E-state index in [1.54, 1.807) is 0 Å². The molecule has 68 valence electrons. The summed E-state index contributed by atoms with van der Waals surface area (Å²) < 4.78 is 40.6. The van der Waals surface area contributed by atoms with E-state index >= 15 is 0 Å². The van der Waals surface area contributed by atoms with Crippen LogP contribution in [0.3, 0.4) is 0 Å². The molecule has 0 saturated carbocycles. The molecule has 0 aliphatic rings. The molecular weight excluding hydrogens is 171 g/mol. The Kier molecular flexibility index (Phi) is 2.40. The SMILES string of the molecule is CC(Cc1ncco1)C(F)(F)F. The zero-order valence-electron chi connectivity index (χ0n) is 6.43. The normalized spacial score (nSPS) is 14.7. The highest BCUT2D eigenvalue weighted by Gasteiger charge is 2.36. The van der Waals surface area contributed by atoms with Gasteiger partial charge in [0.1, 0.15) is 6.26 Å². The predicted molar refractivity (Wildman–Crippen MR) is 35.4 cm³/mol. The average molecular weight is 179 g/mol. The second kappa shape index (κ2) is 3.16. The van der Waals surface area contributed by atoms with Crippen molar-refractivity contribution in [2.24, 2.45) is 5.92 Å². The van der Waals surface area contributed by atoms with Crippen molar-refractivity contribution in [3.8, 4) is 0 Å². The smallest absolute Gasteiger partial charge is 0.392 e. The quantitative estimate of drug-likeness (QED) is 0.696. The lowest BCUT2D eigenvalue weighted by atomic mass is 10.1. The first-order valence-electron chi connectivity index (χ1n) is 3.45. The number of nitrogens with zero attached hydrogens (tertiary/aromatic N) is 1. The van der Waals surface area contributed by atoms with E-state index in [1.807, 2.05) is 0 Å². The number of aromatic nitrogens is 1. The Hall–Kier alpha value is -1.00. The van der Waals surface area contributed by atoms with Crippen LogP contribution in [0.5, 0.6) is 0 Å². The van der Waals surface area contributed by atoms with Crippen molar-refractivity contribution in [1.82, 2.24) is 4.98 Å². The van der Waals surface area contributed by atoms with Gasteiger partial charge in [-0.3, -0.25) is 0 Å². The summed E-state index contributed by atoms with van der Waals surface area (Å²) in [5.74, 6) is -1.28. The number of alkyl halides is 3. The van der Waals surface area contributed by atoms with Gasteiger partial charge >= 0.3 is 6.18 Å². The van der Waals surface area contributed by atoms with Crippen molar-refractivity contribution in [3.63, 3.8) is 0 Å². The number of oxazole rings is 1. The van der Waals surface area contributed by atoms with Gasteiger partial charge < -0.3 is 4.42 Å². The van der Waals surface area contributed by atoms with Crippen LogP contribution in [0.2, 0.25) is 0 Å². The Balaban J connectivity index is 2.53. The lowest BCUT2D eigenvalue weighted by molar-refractivity contribution is -0.170. The summed E-state index contributed by atoms with van der Waals surface area (Å²) >= 11 is 0. The Labute approximate surface area is 67.4 Å². The average Bonchev–Trinajstić information content (AvgIpc) is 2.37. The van der Waals surface area contributed by atoms with E-state index in [2.05, 4.69) is 9.40 Å². The van der Waals surface area contributed by atoms with Crippen LogP contribution in [-0.4, -0.2) is 11.2 Å². The minimum absolute atomic E-state index is 0.125. The van der Waals surface area contributed by atoms with Gasteiger partial charge in [0.25, 0.3) is 0 Å². The Morgan fingerprint density at radius 3 is 2.67 bits per heavy atom. The maximum absolute atomic E-state index is 12.0. The summed E-state index contributed by atoms with van der Waals surface area (Å²) in [4.78, 5) is 3.60. The fraction of sp³-hybridized carbons (Fsp3) is 0.571. The molecule has 1 heterocycles. The second-order valence-corrected chi connectivity index (χ2v) is 2.57. The highest BCUT2D eigenvalue weighted by Crippen LogP contribution is 2.27. The lowest BCUT2D eigenvalue weighted by Crippen LogP contribution is -2.21. The Morgan fingerprint density at radius 2 is 2.25 bits per heavy atom. The zero-order valence-corrected chi connectivity index (χ0v) is 6.43. The summed E-state index contributed by atoms with van der Waals surface area (Å²) in [6.45, 7) is 1.10. The molecule has 1 atom stereocenters. The lowest BCUT2D eigenvalue weighted by Gasteiger charge is -2.12. The van der Waals surface area contributed by atoms with Crippen molar-refractivity contribution in [3.05, 3.63) is 18.4 Å². The number of rotatable bonds is 2. The van der Waals surface area contributed by atoms with E-state index < -0.39 is 12.1 Å². The summed E-state index contributed by atoms with van der Waals surface area (Å²) in [5, 5.41) is 0. The first-order valence-corrected chi connectivity index (χ1v) is 3.45. The van der Waals surface area contributed by atoms with Crippen molar-refractivity contribution < 1.29 is 17.6 Å². The van der Waals surface area contributed by atoms with E-state index in [-0.39, 0.29) is 12.3 Å². The van der Waals surface area contributed by atoms with Gasteiger partial charge in [-0.15, -0.1) is 0 Å². The molecule has 0 N–H and O–H groups in total. The third-order valence-corrected chi connectivity index (χ3v) is 1.52. The molecule has 0 bridgehead atoms. The molecule has 0 fully saturated rings. The summed E-state index contributed by atoms with van der Waals surface area (Å²) in [6.07, 6.45) is -1.78. The third kappa shape index (κ3) is 2.25. The largest absolute Gasteiger partial charge is 0.449 e. The Morgan fingerprint density at radius 1 is 1.58 bits per heavy atom. The van der Waals surface area contributed by atoms with Gasteiger partial charge in [-0.2, -0.15) is 13.2 Å². The maximum Gasteiger partial charge on any atom is 0.392 e. The van der Waals surface area contributed by atoms with Gasteiger partial charge in [0, 0.05) is 6.42 Å². The molecule has 1 aromatic heterocycles. The van der Waals surface area contributed by atoms with Crippen molar-refractivity contribution >= 4 is 0 Å². The first-order chi connectivity index (χ1) is 5.50. The number of halogens is 3. The molecule has 0 saturated heterocycles. The van der Waals surface area contributed by atoms with Crippen molar-refractivity contribution in [2.45, 2.75) is 19.5 Å². The van der Waals surface area contributed by atoms with Crippen molar-refractivity contribution in [1.29, 1.82) is 0 Å². The predicted octanol–water partition coefficient (Wildman–Crippen LogP) is 2.42. The van der Waals surface area contributed by atoms with E-state index in [0.717, 1.165) is 6.92 Å². The number of hydrogen-bond donors (Lipinski definition) is 0. The maximum atomic E-state index is 12.0. The van der Waals surface area contributed by atoms with Gasteiger partial charge in [0.15, 0.2) is 5.89 Å². The molecule has 1 aromatic rings. The summed E-state index contributed by atoms with van der Waals surface area (Å²) in [5.41, 5.74) is 0. The van der Waals surface area contributed by atoms with Crippen molar-refractivity contribution in [2.75, 3.05) is 0 Å². The minimum Gasteiger partial charge on any atom is -0.449 e. The molecule has 0 amide bonds. The minimum atomic E-state index is -4.17. The van der Waals surface area contributed by atoms with Gasteiger partial charge in [-0.05, 0) is 0 Å². The van der Waals surface area contributed by atoms with E-state index in [4.69, 9.17) is 0 Å². The van der Waals surface area contributed by atoms with Gasteiger partial charge in [0.2, 0.25) is 0 Å². The molecule has 0 spiro atoms. The van der Waals surface area contributed by atoms with Gasteiger partial charge in [0.05, 0.1) is 12.1 Å². The standard InChI is InChI=1S/C7H8F3NO/c1-5(7(8,9)10)4-6-11-2-3-12-6/h2-3,5H,4H2,1H3. The molecule has 12 heavy (non-hydrogen) atoms. The van der Waals surface area contributed by atoms with Crippen LogP contribution in [0.4, 0.5) is 13.2 Å². The van der Waals surface area contributed by atoms with E-state index in [0.29, 0.717) is 0 Å². The van der Waals surface area contributed by atoms with Crippen LogP contribution in [0, 0.1) is 5.92 Å². The van der Waals surface area contributed by atoms with Gasteiger partial charge in [-0.1, -0.05) is 6.92 Å². The molecular formula is C7H8F3NO. The third-order valence-electron chi connectivity index (χ3n) is 1.52. The molecule has 1 unspecified atom stereocenters. The van der Waals surface area contributed by atoms with Crippen LogP contribution >= 0.6 is 0 Å². The number of hydrogen-bond acceptors (Lipinski definition) is 2. The molecule has 0 aliphatic heterocycles. The second-order valence-electron chi connectivity index (χ2n) is 2.57. The van der Waals surface area contributed by atoms with Crippen LogP contribution in [0.25, 0.3) is 0 Å². The summed E-state index contributed by atoms with van der Waals surface area (Å²) in [7, 11) is 0. The van der Waals surface area contributed by atoms with E-state index in [1.165, 1.54) is 12.5 Å². The monoisotopic (exact) mass is 179 g/mol. The van der Waals surface area contributed by atoms with Crippen LogP contribution in [0.15, 0.2) is 16.9 Å². The zero-order chi connectivity index (χ0) is 9.19. The Bertz CT molecular complexity index is 229. The highest BCUT2D eigenvalue weighted by molar-refractivity contribution is 4.83. The fourth-order valence-electron chi connectivity index (χ4n) is 0.731. The molecule has 0 aliphatic carbocycles. The topological polar surface area (TPSA) is 26.0 Å². The van der Waals surface area contributed by atoms with Crippen LogP contribution in [0.1, 0.15) is 12.8 Å². The van der Waals surface area contributed by atoms with Crippen LogP contribution in [-0.2, 0) is 6.42 Å². The first kappa shape index (κ1) is 9.09. The van der Waals surface area contributed by atoms with E-state index in [9.17, 15) is 13.2 Å². The van der Waals surface area contributed by atoms with Gasteiger partial charge in [-0.25, -0.2) is 4.98 Å².